The molecule has 0 saturated carbocycles. The second-order valence-corrected chi connectivity index (χ2v) is 7.29. The van der Waals surface area contributed by atoms with Crippen molar-refractivity contribution >= 4 is 34.3 Å². The van der Waals surface area contributed by atoms with Gasteiger partial charge in [0.15, 0.2) is 0 Å². The maximum absolute atomic E-state index is 6.02. The van der Waals surface area contributed by atoms with E-state index in [2.05, 4.69) is 47.6 Å². The Balaban J connectivity index is 1.73. The Kier molecular flexibility index (Phi) is 4.41. The van der Waals surface area contributed by atoms with Crippen LogP contribution in [0.1, 0.15) is 36.9 Å². The lowest BCUT2D eigenvalue weighted by molar-refractivity contribution is 0.887. The lowest BCUT2D eigenvalue weighted by Crippen LogP contribution is -2.17. The molecule has 1 aliphatic rings. The first-order valence-corrected chi connectivity index (χ1v) is 8.75. The number of nitrogens with one attached hydrogen (secondary N) is 1. The molecule has 1 atom stereocenters. The third-order valence-electron chi connectivity index (χ3n) is 4.14. The molecule has 0 aliphatic carbocycles. The Labute approximate surface area is 135 Å². The third kappa shape index (κ3) is 3.35. The zero-order valence-corrected chi connectivity index (χ0v) is 14.1. The van der Waals surface area contributed by atoms with E-state index in [-0.39, 0.29) is 6.04 Å². The quantitative estimate of drug-likeness (QED) is 0.802. The summed E-state index contributed by atoms with van der Waals surface area (Å²) in [6.45, 7) is 6.73. The van der Waals surface area contributed by atoms with Crippen LogP contribution < -0.4 is 10.2 Å². The Morgan fingerprint density at radius 3 is 2.62 bits per heavy atom. The fourth-order valence-electron chi connectivity index (χ4n) is 2.85. The third-order valence-corrected chi connectivity index (χ3v) is 5.25. The minimum atomic E-state index is 0.269. The van der Waals surface area contributed by atoms with Crippen LogP contribution in [0.5, 0.6) is 0 Å². The van der Waals surface area contributed by atoms with E-state index >= 15 is 0 Å². The number of halogens is 1. The van der Waals surface area contributed by atoms with Crippen LogP contribution >= 0.6 is 22.9 Å². The molecular weight excluding hydrogens is 300 g/mol. The Bertz CT molecular complexity index is 617. The summed E-state index contributed by atoms with van der Waals surface area (Å²) in [5.74, 6) is 0. The molecule has 1 aromatic heterocycles. The fraction of sp³-hybridized carbons (Fsp3) is 0.412. The zero-order chi connectivity index (χ0) is 14.8. The van der Waals surface area contributed by atoms with Crippen LogP contribution in [0.25, 0.3) is 0 Å². The molecule has 1 aromatic carbocycles. The van der Waals surface area contributed by atoms with Crippen molar-refractivity contribution in [1.29, 1.82) is 0 Å². The zero-order valence-electron chi connectivity index (χ0n) is 12.5. The van der Waals surface area contributed by atoms with Gasteiger partial charge in [-0.3, -0.25) is 0 Å². The van der Waals surface area contributed by atoms with Crippen LogP contribution in [0.3, 0.4) is 0 Å². The highest BCUT2D eigenvalue weighted by molar-refractivity contribution is 7.14. The van der Waals surface area contributed by atoms with Crippen molar-refractivity contribution in [2.45, 2.75) is 32.7 Å². The van der Waals surface area contributed by atoms with Crippen molar-refractivity contribution in [2.24, 2.45) is 0 Å². The van der Waals surface area contributed by atoms with E-state index < -0.39 is 0 Å². The second kappa shape index (κ2) is 6.29. The monoisotopic (exact) mass is 320 g/mol. The maximum Gasteiger partial charge on any atom is 0.0931 e. The molecule has 1 aliphatic heterocycles. The van der Waals surface area contributed by atoms with Gasteiger partial charge in [0.1, 0.15) is 0 Å². The van der Waals surface area contributed by atoms with E-state index in [4.69, 9.17) is 11.6 Å². The smallest absolute Gasteiger partial charge is 0.0931 e. The maximum atomic E-state index is 6.02. The van der Waals surface area contributed by atoms with Crippen molar-refractivity contribution in [3.8, 4) is 0 Å². The minimum absolute atomic E-state index is 0.269. The van der Waals surface area contributed by atoms with Gasteiger partial charge in [-0.05, 0) is 67.5 Å². The summed E-state index contributed by atoms with van der Waals surface area (Å²) >= 11 is 7.60. The number of aryl methyl sites for hydroxylation is 1. The molecule has 0 radical (unpaired) electrons. The van der Waals surface area contributed by atoms with Crippen molar-refractivity contribution in [3.05, 3.63) is 45.1 Å². The molecule has 2 aromatic rings. The van der Waals surface area contributed by atoms with Crippen molar-refractivity contribution in [3.63, 3.8) is 0 Å². The highest BCUT2D eigenvalue weighted by atomic mass is 35.5. The molecule has 0 amide bonds. The average molecular weight is 321 g/mol. The Morgan fingerprint density at radius 1 is 1.24 bits per heavy atom. The first-order valence-electron chi connectivity index (χ1n) is 7.49. The molecule has 3 rings (SSSR count). The predicted octanol–water partition coefficient (Wildman–Crippen LogP) is 5.48. The topological polar surface area (TPSA) is 15.3 Å². The van der Waals surface area contributed by atoms with E-state index in [9.17, 15) is 0 Å². The van der Waals surface area contributed by atoms with E-state index in [0.717, 1.165) is 4.34 Å². The number of anilines is 2. The van der Waals surface area contributed by atoms with Crippen LogP contribution in [0.2, 0.25) is 4.34 Å². The van der Waals surface area contributed by atoms with Gasteiger partial charge in [-0.25, -0.2) is 0 Å². The number of benzene rings is 1. The van der Waals surface area contributed by atoms with Gasteiger partial charge in [-0.15, -0.1) is 11.3 Å². The summed E-state index contributed by atoms with van der Waals surface area (Å²) in [5, 5.41) is 5.71. The average Bonchev–Trinajstić information content (AvgIpc) is 3.12. The fourth-order valence-corrected chi connectivity index (χ4v) is 3.83. The molecule has 4 heteroatoms. The van der Waals surface area contributed by atoms with Crippen LogP contribution in [-0.4, -0.2) is 13.1 Å². The number of hydrogen-bond acceptors (Lipinski definition) is 3. The highest BCUT2D eigenvalue weighted by Gasteiger charge is 2.14. The van der Waals surface area contributed by atoms with Crippen molar-refractivity contribution in [1.82, 2.24) is 0 Å². The van der Waals surface area contributed by atoms with Crippen LogP contribution in [0.4, 0.5) is 11.4 Å². The molecule has 21 heavy (non-hydrogen) atoms. The molecule has 2 nitrogen and oxygen atoms in total. The summed E-state index contributed by atoms with van der Waals surface area (Å²) in [7, 11) is 0. The van der Waals surface area contributed by atoms with Gasteiger partial charge < -0.3 is 10.2 Å². The van der Waals surface area contributed by atoms with Gasteiger partial charge in [0.05, 0.1) is 4.34 Å². The number of hydrogen-bond donors (Lipinski definition) is 1. The molecule has 0 bridgehead atoms. The lowest BCUT2D eigenvalue weighted by atomic mass is 10.1. The number of nitrogens with zero attached hydrogens (tertiary/aromatic N) is 1. The van der Waals surface area contributed by atoms with E-state index in [1.165, 1.54) is 48.4 Å². The summed E-state index contributed by atoms with van der Waals surface area (Å²) < 4.78 is 0.847. The van der Waals surface area contributed by atoms with E-state index in [1.54, 1.807) is 11.3 Å². The number of thiophene rings is 1. The molecular formula is C17H21ClN2S. The molecule has 1 N–H and O–H groups in total. The second-order valence-electron chi connectivity index (χ2n) is 5.74. The summed E-state index contributed by atoms with van der Waals surface area (Å²) in [6.07, 6.45) is 2.63. The van der Waals surface area contributed by atoms with Crippen molar-refractivity contribution < 1.29 is 0 Å². The molecule has 1 unspecified atom stereocenters. The molecule has 0 spiro atoms. The number of rotatable bonds is 4. The summed E-state index contributed by atoms with van der Waals surface area (Å²) in [5.41, 5.74) is 5.09. The van der Waals surface area contributed by atoms with E-state index in [1.807, 2.05) is 6.07 Å². The van der Waals surface area contributed by atoms with Crippen LogP contribution in [-0.2, 0) is 0 Å². The lowest BCUT2D eigenvalue weighted by Gasteiger charge is -2.21. The normalized spacial score (nSPS) is 16.2. The minimum Gasteiger partial charge on any atom is -0.378 e. The van der Waals surface area contributed by atoms with E-state index in [0.29, 0.717) is 0 Å². The molecule has 1 fully saturated rings. The van der Waals surface area contributed by atoms with Gasteiger partial charge in [-0.1, -0.05) is 11.6 Å². The molecule has 112 valence electrons. The SMILES string of the molecule is Cc1cc(N2CCCC2)ccc1NC(C)c1csc(Cl)c1. The molecule has 1 saturated heterocycles. The molecule has 2 heterocycles. The first-order chi connectivity index (χ1) is 10.1. The summed E-state index contributed by atoms with van der Waals surface area (Å²) in [6, 6.07) is 9.03. The largest absolute Gasteiger partial charge is 0.378 e. The summed E-state index contributed by atoms with van der Waals surface area (Å²) in [4.78, 5) is 2.47. The van der Waals surface area contributed by atoms with Gasteiger partial charge in [0, 0.05) is 30.5 Å². The van der Waals surface area contributed by atoms with Crippen LogP contribution in [0, 0.1) is 6.92 Å². The highest BCUT2D eigenvalue weighted by Crippen LogP contribution is 2.30. The van der Waals surface area contributed by atoms with Gasteiger partial charge >= 0.3 is 0 Å². The Hall–Kier alpha value is -1.19. The standard InChI is InChI=1S/C17H21ClN2S/c1-12-9-15(20-7-3-4-8-20)5-6-16(12)19-13(2)14-10-17(18)21-11-14/h5-6,9-11,13,19H,3-4,7-8H2,1-2H3. The van der Waals surface area contributed by atoms with Gasteiger partial charge in [0.2, 0.25) is 0 Å². The van der Waals surface area contributed by atoms with Crippen LogP contribution in [0.15, 0.2) is 29.6 Å². The van der Waals surface area contributed by atoms with Gasteiger partial charge in [-0.2, -0.15) is 0 Å². The first kappa shape index (κ1) is 14.7. The Morgan fingerprint density at radius 2 is 2.00 bits per heavy atom. The van der Waals surface area contributed by atoms with Crippen molar-refractivity contribution in [2.75, 3.05) is 23.3 Å². The van der Waals surface area contributed by atoms with Gasteiger partial charge in [0.25, 0.3) is 0 Å². The predicted molar refractivity (Wildman–Crippen MR) is 94.0 cm³/mol.